The fraction of sp³-hybridized carbons (Fsp3) is 0.448. The SMILES string of the molecule is COCCN1C(=O)C[C@@](CC(=O)N2CCC[C@H](C(=O)Cc3ccccc3)C2)(c2ccccc2C)C1=O. The topological polar surface area (TPSA) is 84.0 Å². The Balaban J connectivity index is 1.54. The molecule has 0 unspecified atom stereocenters. The Kier molecular flexibility index (Phi) is 7.99. The minimum Gasteiger partial charge on any atom is -0.383 e. The van der Waals surface area contributed by atoms with Gasteiger partial charge in [-0.1, -0.05) is 54.6 Å². The maximum absolute atomic E-state index is 13.7. The third-order valence-electron chi connectivity index (χ3n) is 7.49. The van der Waals surface area contributed by atoms with Gasteiger partial charge >= 0.3 is 0 Å². The number of rotatable bonds is 9. The number of carbonyl (C=O) groups excluding carboxylic acids is 4. The lowest BCUT2D eigenvalue weighted by molar-refractivity contribution is -0.144. The summed E-state index contributed by atoms with van der Waals surface area (Å²) in [5.74, 6) is -0.921. The van der Waals surface area contributed by atoms with Crippen LogP contribution >= 0.6 is 0 Å². The van der Waals surface area contributed by atoms with E-state index in [-0.39, 0.29) is 55.4 Å². The van der Waals surface area contributed by atoms with Gasteiger partial charge in [-0.3, -0.25) is 24.1 Å². The molecule has 2 atom stereocenters. The zero-order chi connectivity index (χ0) is 25.7. The normalized spacial score (nSPS) is 22.2. The van der Waals surface area contributed by atoms with Gasteiger partial charge in [0.15, 0.2) is 0 Å². The molecule has 4 rings (SSSR count). The minimum absolute atomic E-state index is 0.0453. The fourth-order valence-corrected chi connectivity index (χ4v) is 5.54. The molecule has 0 radical (unpaired) electrons. The van der Waals surface area contributed by atoms with Crippen molar-refractivity contribution in [1.82, 2.24) is 9.80 Å². The zero-order valence-electron chi connectivity index (χ0n) is 21.1. The van der Waals surface area contributed by atoms with E-state index in [1.165, 1.54) is 12.0 Å². The van der Waals surface area contributed by atoms with Crippen LogP contribution in [0.4, 0.5) is 0 Å². The Bertz CT molecular complexity index is 1130. The van der Waals surface area contributed by atoms with E-state index >= 15 is 0 Å². The summed E-state index contributed by atoms with van der Waals surface area (Å²) in [6.45, 7) is 3.20. The molecule has 7 nitrogen and oxygen atoms in total. The van der Waals surface area contributed by atoms with Gasteiger partial charge in [0.25, 0.3) is 0 Å². The van der Waals surface area contributed by atoms with Crippen LogP contribution in [0, 0.1) is 12.8 Å². The maximum atomic E-state index is 13.7. The van der Waals surface area contributed by atoms with Crippen molar-refractivity contribution in [3.8, 4) is 0 Å². The van der Waals surface area contributed by atoms with E-state index in [1.54, 1.807) is 4.90 Å². The number of amides is 3. The van der Waals surface area contributed by atoms with Crippen LogP contribution in [0.15, 0.2) is 54.6 Å². The van der Waals surface area contributed by atoms with Crippen molar-refractivity contribution in [3.05, 3.63) is 71.3 Å². The molecule has 0 aliphatic carbocycles. The van der Waals surface area contributed by atoms with Gasteiger partial charge in [-0.25, -0.2) is 0 Å². The molecule has 2 heterocycles. The van der Waals surface area contributed by atoms with Crippen molar-refractivity contribution < 1.29 is 23.9 Å². The summed E-state index contributed by atoms with van der Waals surface area (Å²) in [5, 5.41) is 0. The lowest BCUT2D eigenvalue weighted by atomic mass is 9.73. The first-order valence-corrected chi connectivity index (χ1v) is 12.6. The summed E-state index contributed by atoms with van der Waals surface area (Å²) in [4.78, 5) is 56.2. The van der Waals surface area contributed by atoms with Gasteiger partial charge in [-0.05, 0) is 36.5 Å². The van der Waals surface area contributed by atoms with Gasteiger partial charge in [-0.15, -0.1) is 0 Å². The van der Waals surface area contributed by atoms with Crippen LogP contribution < -0.4 is 0 Å². The zero-order valence-corrected chi connectivity index (χ0v) is 21.1. The highest BCUT2D eigenvalue weighted by Gasteiger charge is 2.54. The Hall–Kier alpha value is -3.32. The van der Waals surface area contributed by atoms with E-state index in [9.17, 15) is 19.2 Å². The monoisotopic (exact) mass is 490 g/mol. The van der Waals surface area contributed by atoms with Gasteiger partial charge in [0.1, 0.15) is 5.78 Å². The Labute approximate surface area is 212 Å². The number of ether oxygens (including phenoxy) is 1. The van der Waals surface area contributed by atoms with Gasteiger partial charge < -0.3 is 9.64 Å². The third-order valence-corrected chi connectivity index (χ3v) is 7.49. The number of hydrogen-bond acceptors (Lipinski definition) is 5. The van der Waals surface area contributed by atoms with Gasteiger partial charge in [0.05, 0.1) is 18.6 Å². The number of methoxy groups -OCH3 is 1. The first kappa shape index (κ1) is 25.8. The molecule has 3 amide bonds. The molecule has 36 heavy (non-hydrogen) atoms. The molecule has 2 aromatic carbocycles. The molecule has 2 fully saturated rings. The summed E-state index contributed by atoms with van der Waals surface area (Å²) in [6, 6.07) is 17.1. The minimum atomic E-state index is -1.24. The molecule has 2 aliphatic heterocycles. The molecule has 0 spiro atoms. The standard InChI is InChI=1S/C29H34N2O5/c1-21-9-6-7-13-24(21)29(19-27(34)31(28(29)35)15-16-36-2)18-26(33)30-14-8-12-23(20-30)25(32)17-22-10-4-3-5-11-22/h3-7,9-11,13,23H,8,12,14-20H2,1-2H3/t23-,29-/m0/s1. The van der Waals surface area contributed by atoms with Crippen LogP contribution in [0.2, 0.25) is 0 Å². The molecule has 2 aliphatic rings. The number of likely N-dealkylation sites (tertiary alicyclic amines) is 2. The molecule has 7 heteroatoms. The Morgan fingerprint density at radius 3 is 2.50 bits per heavy atom. The van der Waals surface area contributed by atoms with Gasteiger partial charge in [0.2, 0.25) is 17.7 Å². The molecule has 0 N–H and O–H groups in total. The number of ketones is 1. The van der Waals surface area contributed by atoms with Crippen molar-refractivity contribution in [1.29, 1.82) is 0 Å². The summed E-state index contributed by atoms with van der Waals surface area (Å²) in [5.41, 5.74) is 1.31. The average Bonchev–Trinajstić information content (AvgIpc) is 3.12. The average molecular weight is 491 g/mol. The van der Waals surface area contributed by atoms with Gasteiger partial charge in [0, 0.05) is 45.4 Å². The number of aryl methyl sites for hydroxylation is 1. The summed E-state index contributed by atoms with van der Waals surface area (Å²) in [7, 11) is 1.52. The number of benzene rings is 2. The smallest absolute Gasteiger partial charge is 0.240 e. The summed E-state index contributed by atoms with van der Waals surface area (Å²) in [6.07, 6.45) is 1.70. The molecule has 0 aromatic heterocycles. The highest BCUT2D eigenvalue weighted by Crippen LogP contribution is 2.42. The van der Waals surface area contributed by atoms with E-state index in [0.717, 1.165) is 24.0 Å². The number of Topliss-reactive ketones (excluding diaryl/α,β-unsaturated/α-hetero) is 1. The number of hydrogen-bond donors (Lipinski definition) is 0. The molecule has 2 saturated heterocycles. The summed E-state index contributed by atoms with van der Waals surface area (Å²) < 4.78 is 5.10. The first-order valence-electron chi connectivity index (χ1n) is 12.6. The molecule has 0 saturated carbocycles. The Morgan fingerprint density at radius 2 is 1.78 bits per heavy atom. The number of carbonyl (C=O) groups is 4. The van der Waals surface area contributed by atoms with Gasteiger partial charge in [-0.2, -0.15) is 0 Å². The van der Waals surface area contributed by atoms with Crippen LogP contribution in [0.3, 0.4) is 0 Å². The van der Waals surface area contributed by atoms with Crippen LogP contribution in [0.1, 0.15) is 42.4 Å². The van der Waals surface area contributed by atoms with Crippen molar-refractivity contribution in [2.24, 2.45) is 5.92 Å². The van der Waals surface area contributed by atoms with E-state index in [4.69, 9.17) is 4.74 Å². The van der Waals surface area contributed by atoms with Crippen LogP contribution in [-0.2, 0) is 35.8 Å². The molecular weight excluding hydrogens is 456 g/mol. The van der Waals surface area contributed by atoms with Crippen molar-refractivity contribution in [2.75, 3.05) is 33.4 Å². The van der Waals surface area contributed by atoms with E-state index in [0.29, 0.717) is 25.1 Å². The second-order valence-electron chi connectivity index (χ2n) is 9.90. The number of imide groups is 1. The van der Waals surface area contributed by atoms with E-state index < -0.39 is 5.41 Å². The van der Waals surface area contributed by atoms with Crippen LogP contribution in [0.25, 0.3) is 0 Å². The van der Waals surface area contributed by atoms with Crippen molar-refractivity contribution in [3.63, 3.8) is 0 Å². The number of nitrogens with zero attached hydrogens (tertiary/aromatic N) is 2. The highest BCUT2D eigenvalue weighted by molar-refractivity contribution is 6.11. The molecular formula is C29H34N2O5. The lowest BCUT2D eigenvalue weighted by Gasteiger charge is -2.35. The largest absolute Gasteiger partial charge is 0.383 e. The predicted octanol–water partition coefficient (Wildman–Crippen LogP) is 3.08. The second-order valence-corrected chi connectivity index (χ2v) is 9.90. The van der Waals surface area contributed by atoms with Crippen molar-refractivity contribution >= 4 is 23.5 Å². The lowest BCUT2D eigenvalue weighted by Crippen LogP contribution is -2.47. The van der Waals surface area contributed by atoms with E-state index in [1.807, 2.05) is 61.5 Å². The first-order chi connectivity index (χ1) is 17.4. The number of piperidine rings is 1. The van der Waals surface area contributed by atoms with Crippen molar-refractivity contribution in [2.45, 2.75) is 44.4 Å². The molecule has 190 valence electrons. The summed E-state index contributed by atoms with van der Waals surface area (Å²) >= 11 is 0. The third kappa shape index (κ3) is 5.26. The van der Waals surface area contributed by atoms with E-state index in [2.05, 4.69) is 0 Å². The second kappa shape index (κ2) is 11.2. The predicted molar refractivity (Wildman–Crippen MR) is 135 cm³/mol. The highest BCUT2D eigenvalue weighted by atomic mass is 16.5. The molecule has 2 aromatic rings. The van der Waals surface area contributed by atoms with Crippen LogP contribution in [-0.4, -0.2) is 66.7 Å². The maximum Gasteiger partial charge on any atom is 0.240 e. The van der Waals surface area contributed by atoms with Crippen LogP contribution in [0.5, 0.6) is 0 Å². The Morgan fingerprint density at radius 1 is 1.06 bits per heavy atom. The molecule has 0 bridgehead atoms. The quantitative estimate of drug-likeness (QED) is 0.505. The fourth-order valence-electron chi connectivity index (χ4n) is 5.54.